The Kier molecular flexibility index (Phi) is 5.23. The van der Waals surface area contributed by atoms with Crippen LogP contribution in [0.3, 0.4) is 0 Å². The first-order chi connectivity index (χ1) is 12.1. The molecule has 0 aliphatic carbocycles. The molecule has 2 aromatic rings. The number of hydrogen-bond donors (Lipinski definition) is 0. The van der Waals surface area contributed by atoms with E-state index >= 15 is 0 Å². The maximum absolute atomic E-state index is 12.7. The van der Waals surface area contributed by atoms with Crippen LogP contribution in [0.25, 0.3) is 0 Å². The van der Waals surface area contributed by atoms with Gasteiger partial charge in [-0.15, -0.1) is 5.10 Å². The number of nitrogens with zero attached hydrogens (tertiary/aromatic N) is 3. The fourth-order valence-electron chi connectivity index (χ4n) is 2.75. The predicted molar refractivity (Wildman–Crippen MR) is 89.3 cm³/mol. The van der Waals surface area contributed by atoms with E-state index in [0.29, 0.717) is 30.3 Å². The van der Waals surface area contributed by atoms with Crippen molar-refractivity contribution >= 4 is 11.9 Å². The first kappa shape index (κ1) is 16.9. The van der Waals surface area contributed by atoms with Crippen LogP contribution in [0.1, 0.15) is 30.1 Å². The highest BCUT2D eigenvalue weighted by Crippen LogP contribution is 2.19. The van der Waals surface area contributed by atoms with E-state index in [0.717, 1.165) is 12.8 Å². The van der Waals surface area contributed by atoms with Crippen LogP contribution in [0.4, 0.5) is 0 Å². The van der Waals surface area contributed by atoms with Crippen molar-refractivity contribution in [2.75, 3.05) is 13.1 Å². The molecule has 1 aromatic carbocycles. The van der Waals surface area contributed by atoms with Gasteiger partial charge in [-0.1, -0.05) is 0 Å². The van der Waals surface area contributed by atoms with Gasteiger partial charge in [-0.3, -0.25) is 9.59 Å². The minimum atomic E-state index is -0.390. The Bertz CT molecular complexity index is 734. The predicted octanol–water partition coefficient (Wildman–Crippen LogP) is 2.09. The lowest BCUT2D eigenvalue weighted by Crippen LogP contribution is -2.44. The molecule has 1 atom stereocenters. The lowest BCUT2D eigenvalue weighted by atomic mass is 10.1. The topological polar surface area (TPSA) is 81.6 Å². The average molecular weight is 341 g/mol. The van der Waals surface area contributed by atoms with Crippen LogP contribution in [-0.4, -0.2) is 46.2 Å². The third-order valence-electron chi connectivity index (χ3n) is 3.86. The summed E-state index contributed by atoms with van der Waals surface area (Å²) in [5.74, 6) is 0.431. The highest BCUT2D eigenvalue weighted by atomic mass is 16.5. The van der Waals surface area contributed by atoms with Crippen molar-refractivity contribution in [1.29, 1.82) is 0 Å². The number of ether oxygens (including phenoxy) is 2. The summed E-state index contributed by atoms with van der Waals surface area (Å²) in [5, 5.41) is 7.71. The van der Waals surface area contributed by atoms with Crippen LogP contribution < -0.4 is 9.47 Å². The molecule has 0 saturated carbocycles. The Labute approximate surface area is 145 Å². The zero-order chi connectivity index (χ0) is 17.6. The van der Waals surface area contributed by atoms with Crippen molar-refractivity contribution in [2.24, 2.45) is 0 Å². The number of benzene rings is 1. The van der Waals surface area contributed by atoms with Crippen molar-refractivity contribution in [1.82, 2.24) is 15.1 Å². The Hall–Kier alpha value is -2.96. The molecular formula is C18H19N3O4. The summed E-state index contributed by atoms with van der Waals surface area (Å²) in [4.78, 5) is 25.4. The lowest BCUT2D eigenvalue weighted by molar-refractivity contribution is -0.131. The first-order valence-corrected chi connectivity index (χ1v) is 8.14. The van der Waals surface area contributed by atoms with E-state index in [-0.39, 0.29) is 18.0 Å². The minimum Gasteiger partial charge on any atom is -0.471 e. The number of hydrogen-bond acceptors (Lipinski definition) is 6. The molecule has 7 heteroatoms. The molecular weight excluding hydrogens is 322 g/mol. The third kappa shape index (κ3) is 4.53. The molecule has 1 fully saturated rings. The Balaban J connectivity index is 1.62. The fourth-order valence-corrected chi connectivity index (χ4v) is 2.75. The molecule has 2 heterocycles. The van der Waals surface area contributed by atoms with E-state index in [1.807, 2.05) is 0 Å². The summed E-state index contributed by atoms with van der Waals surface area (Å²) >= 11 is 0. The number of likely N-dealkylation sites (tertiary alicyclic amines) is 1. The van der Waals surface area contributed by atoms with Gasteiger partial charge in [0.15, 0.2) is 0 Å². The van der Waals surface area contributed by atoms with Crippen LogP contribution >= 0.6 is 0 Å². The van der Waals surface area contributed by atoms with Crippen LogP contribution in [0.5, 0.6) is 11.6 Å². The standard InChI is InChI=1S/C18H19N3O4/c1-13(22)24-15-8-6-14(7-9-15)18(23)21-11-3-4-16(12-21)25-17-5-2-10-19-20-17/h2,5-10,16H,3-4,11-12H2,1H3. The Morgan fingerprint density at radius 2 is 2.00 bits per heavy atom. The highest BCUT2D eigenvalue weighted by molar-refractivity contribution is 5.94. The van der Waals surface area contributed by atoms with Gasteiger partial charge in [0.25, 0.3) is 5.91 Å². The number of esters is 1. The van der Waals surface area contributed by atoms with Crippen molar-refractivity contribution in [3.05, 3.63) is 48.2 Å². The molecule has 1 aromatic heterocycles. The summed E-state index contributed by atoms with van der Waals surface area (Å²) in [6.45, 7) is 2.52. The van der Waals surface area contributed by atoms with Gasteiger partial charge in [-0.05, 0) is 43.2 Å². The second kappa shape index (κ2) is 7.74. The van der Waals surface area contributed by atoms with Crippen LogP contribution in [0, 0.1) is 0 Å². The molecule has 0 N–H and O–H groups in total. The number of piperidine rings is 1. The first-order valence-electron chi connectivity index (χ1n) is 8.14. The van der Waals surface area contributed by atoms with Crippen molar-refractivity contribution in [3.8, 4) is 11.6 Å². The zero-order valence-corrected chi connectivity index (χ0v) is 13.9. The van der Waals surface area contributed by atoms with Crippen molar-refractivity contribution in [2.45, 2.75) is 25.9 Å². The van der Waals surface area contributed by atoms with E-state index in [9.17, 15) is 9.59 Å². The maximum Gasteiger partial charge on any atom is 0.308 e. The van der Waals surface area contributed by atoms with Gasteiger partial charge < -0.3 is 14.4 Å². The molecule has 25 heavy (non-hydrogen) atoms. The van der Waals surface area contributed by atoms with E-state index < -0.39 is 0 Å². The van der Waals surface area contributed by atoms with Gasteiger partial charge >= 0.3 is 5.97 Å². The number of rotatable bonds is 4. The summed E-state index contributed by atoms with van der Waals surface area (Å²) in [5.41, 5.74) is 0.552. The van der Waals surface area contributed by atoms with Crippen LogP contribution in [0.2, 0.25) is 0 Å². The van der Waals surface area contributed by atoms with E-state index in [2.05, 4.69) is 10.2 Å². The monoisotopic (exact) mass is 341 g/mol. The largest absolute Gasteiger partial charge is 0.471 e. The summed E-state index contributed by atoms with van der Waals surface area (Å²) in [6.07, 6.45) is 3.21. The molecule has 0 bridgehead atoms. The fraction of sp³-hybridized carbons (Fsp3) is 0.333. The minimum absolute atomic E-state index is 0.0678. The zero-order valence-electron chi connectivity index (χ0n) is 13.9. The SMILES string of the molecule is CC(=O)Oc1ccc(C(=O)N2CCCC(Oc3cccnn3)C2)cc1. The van der Waals surface area contributed by atoms with Gasteiger partial charge in [0, 0.05) is 31.3 Å². The summed E-state index contributed by atoms with van der Waals surface area (Å²) in [7, 11) is 0. The normalized spacial score (nSPS) is 17.0. The van der Waals surface area contributed by atoms with E-state index in [1.54, 1.807) is 47.5 Å². The smallest absolute Gasteiger partial charge is 0.308 e. The Morgan fingerprint density at radius 3 is 2.68 bits per heavy atom. The van der Waals surface area contributed by atoms with E-state index in [4.69, 9.17) is 9.47 Å². The molecule has 1 saturated heterocycles. The van der Waals surface area contributed by atoms with Crippen LogP contribution in [0.15, 0.2) is 42.6 Å². The molecule has 1 aliphatic heterocycles. The van der Waals surface area contributed by atoms with Crippen LogP contribution in [-0.2, 0) is 4.79 Å². The highest BCUT2D eigenvalue weighted by Gasteiger charge is 2.26. The second-order valence-electron chi connectivity index (χ2n) is 5.81. The number of carbonyl (C=O) groups is 2. The maximum atomic E-state index is 12.7. The molecule has 0 spiro atoms. The lowest BCUT2D eigenvalue weighted by Gasteiger charge is -2.32. The number of amides is 1. The molecule has 3 rings (SSSR count). The number of carbonyl (C=O) groups excluding carboxylic acids is 2. The van der Waals surface area contributed by atoms with E-state index in [1.165, 1.54) is 6.92 Å². The van der Waals surface area contributed by atoms with Crippen molar-refractivity contribution < 1.29 is 19.1 Å². The molecule has 1 unspecified atom stereocenters. The number of aromatic nitrogens is 2. The molecule has 0 radical (unpaired) electrons. The van der Waals surface area contributed by atoms with Gasteiger partial charge in [0.05, 0.1) is 6.54 Å². The quantitative estimate of drug-likeness (QED) is 0.626. The second-order valence-corrected chi connectivity index (χ2v) is 5.81. The average Bonchev–Trinajstić information content (AvgIpc) is 2.62. The summed E-state index contributed by atoms with van der Waals surface area (Å²) in [6, 6.07) is 10.1. The summed E-state index contributed by atoms with van der Waals surface area (Å²) < 4.78 is 10.8. The van der Waals surface area contributed by atoms with Crippen molar-refractivity contribution in [3.63, 3.8) is 0 Å². The van der Waals surface area contributed by atoms with Gasteiger partial charge in [-0.2, -0.15) is 5.10 Å². The molecule has 1 aliphatic rings. The Morgan fingerprint density at radius 1 is 1.20 bits per heavy atom. The van der Waals surface area contributed by atoms with Gasteiger partial charge in [-0.25, -0.2) is 0 Å². The third-order valence-corrected chi connectivity index (χ3v) is 3.86. The molecule has 130 valence electrons. The van der Waals surface area contributed by atoms with Gasteiger partial charge in [0.2, 0.25) is 5.88 Å². The molecule has 1 amide bonds. The van der Waals surface area contributed by atoms with Gasteiger partial charge in [0.1, 0.15) is 11.9 Å². The molecule has 7 nitrogen and oxygen atoms in total.